The van der Waals surface area contributed by atoms with Gasteiger partial charge in [0, 0.05) is 11.7 Å². The molecule has 1 atom stereocenters. The fourth-order valence-electron chi connectivity index (χ4n) is 2.18. The van der Waals surface area contributed by atoms with E-state index < -0.39 is 10.0 Å². The standard InChI is InChI=1S/C17H22N2O2S/c1-4-22(20,21)19-17-11-10-16(12-13(17)2)18-14(3)15-8-6-5-7-9-15/h5-12,14,18-19H,4H2,1-3H3/t14-/m0/s1. The Morgan fingerprint density at radius 2 is 1.77 bits per heavy atom. The van der Waals surface area contributed by atoms with Gasteiger partial charge in [-0.1, -0.05) is 30.3 Å². The molecule has 0 saturated heterocycles. The van der Waals surface area contributed by atoms with Gasteiger partial charge in [0.05, 0.1) is 11.4 Å². The van der Waals surface area contributed by atoms with Gasteiger partial charge in [0.1, 0.15) is 0 Å². The Morgan fingerprint density at radius 3 is 2.36 bits per heavy atom. The monoisotopic (exact) mass is 318 g/mol. The van der Waals surface area contributed by atoms with Crippen molar-refractivity contribution >= 4 is 21.4 Å². The van der Waals surface area contributed by atoms with Gasteiger partial charge in [-0.2, -0.15) is 0 Å². The van der Waals surface area contributed by atoms with Crippen LogP contribution in [0, 0.1) is 6.92 Å². The van der Waals surface area contributed by atoms with Crippen molar-refractivity contribution in [1.82, 2.24) is 0 Å². The van der Waals surface area contributed by atoms with E-state index in [0.29, 0.717) is 5.69 Å². The van der Waals surface area contributed by atoms with Gasteiger partial charge < -0.3 is 5.32 Å². The Hall–Kier alpha value is -2.01. The third-order valence-corrected chi connectivity index (χ3v) is 4.85. The van der Waals surface area contributed by atoms with Gasteiger partial charge in [-0.15, -0.1) is 0 Å². The Bertz CT molecular complexity index is 728. The molecule has 118 valence electrons. The molecule has 2 N–H and O–H groups in total. The molecule has 2 aromatic carbocycles. The van der Waals surface area contributed by atoms with Gasteiger partial charge in [0.25, 0.3) is 0 Å². The third-order valence-electron chi connectivity index (χ3n) is 3.55. The largest absolute Gasteiger partial charge is 0.379 e. The first-order valence-corrected chi connectivity index (χ1v) is 8.99. The molecule has 0 radical (unpaired) electrons. The number of anilines is 2. The fraction of sp³-hybridized carbons (Fsp3) is 0.294. The van der Waals surface area contributed by atoms with Crippen molar-refractivity contribution in [2.24, 2.45) is 0 Å². The van der Waals surface area contributed by atoms with E-state index in [4.69, 9.17) is 0 Å². The second-order valence-electron chi connectivity index (χ2n) is 5.31. The minimum Gasteiger partial charge on any atom is -0.379 e. The third kappa shape index (κ3) is 4.24. The molecule has 0 saturated carbocycles. The van der Waals surface area contributed by atoms with Crippen LogP contribution in [0.3, 0.4) is 0 Å². The Balaban J connectivity index is 2.13. The lowest BCUT2D eigenvalue weighted by Crippen LogP contribution is -2.15. The molecule has 0 aliphatic carbocycles. The summed E-state index contributed by atoms with van der Waals surface area (Å²) in [5, 5.41) is 3.43. The van der Waals surface area contributed by atoms with Crippen LogP contribution in [0.4, 0.5) is 11.4 Å². The van der Waals surface area contributed by atoms with E-state index in [-0.39, 0.29) is 11.8 Å². The van der Waals surface area contributed by atoms with Crippen LogP contribution >= 0.6 is 0 Å². The second-order valence-corrected chi connectivity index (χ2v) is 7.32. The summed E-state index contributed by atoms with van der Waals surface area (Å²) >= 11 is 0. The van der Waals surface area contributed by atoms with Crippen molar-refractivity contribution in [3.8, 4) is 0 Å². The van der Waals surface area contributed by atoms with E-state index in [9.17, 15) is 8.42 Å². The summed E-state index contributed by atoms with van der Waals surface area (Å²) in [5.74, 6) is 0.0669. The van der Waals surface area contributed by atoms with E-state index >= 15 is 0 Å². The average Bonchev–Trinajstić information content (AvgIpc) is 2.51. The van der Waals surface area contributed by atoms with E-state index in [1.807, 2.05) is 37.3 Å². The first-order chi connectivity index (χ1) is 10.4. The molecule has 5 heteroatoms. The van der Waals surface area contributed by atoms with E-state index in [1.54, 1.807) is 13.0 Å². The first kappa shape index (κ1) is 16.4. The molecule has 0 amide bonds. The summed E-state index contributed by atoms with van der Waals surface area (Å²) in [6, 6.07) is 16.0. The Labute approximate surface area is 132 Å². The Morgan fingerprint density at radius 1 is 1.09 bits per heavy atom. The van der Waals surface area contributed by atoms with Gasteiger partial charge in [0.15, 0.2) is 0 Å². The number of rotatable bonds is 6. The summed E-state index contributed by atoms with van der Waals surface area (Å²) < 4.78 is 25.9. The molecule has 0 fully saturated rings. The lowest BCUT2D eigenvalue weighted by molar-refractivity contribution is 0.602. The van der Waals surface area contributed by atoms with Crippen LogP contribution in [0.1, 0.15) is 31.0 Å². The van der Waals surface area contributed by atoms with Crippen molar-refractivity contribution in [1.29, 1.82) is 0 Å². The highest BCUT2D eigenvalue weighted by Gasteiger charge is 2.10. The molecule has 0 aromatic heterocycles. The number of hydrogen-bond acceptors (Lipinski definition) is 3. The number of aryl methyl sites for hydroxylation is 1. The Kier molecular flexibility index (Phi) is 5.08. The summed E-state index contributed by atoms with van der Waals surface area (Å²) in [5.41, 5.74) is 3.69. The summed E-state index contributed by atoms with van der Waals surface area (Å²) in [7, 11) is -3.24. The van der Waals surface area contributed by atoms with Crippen LogP contribution in [-0.4, -0.2) is 14.2 Å². The number of benzene rings is 2. The zero-order valence-electron chi connectivity index (χ0n) is 13.1. The van der Waals surface area contributed by atoms with Crippen LogP contribution in [0.25, 0.3) is 0 Å². The molecule has 2 rings (SSSR count). The molecule has 22 heavy (non-hydrogen) atoms. The van der Waals surface area contributed by atoms with Crippen molar-refractivity contribution < 1.29 is 8.42 Å². The van der Waals surface area contributed by atoms with Crippen LogP contribution < -0.4 is 10.0 Å². The summed E-state index contributed by atoms with van der Waals surface area (Å²) in [6.07, 6.45) is 0. The van der Waals surface area contributed by atoms with Crippen molar-refractivity contribution in [3.63, 3.8) is 0 Å². The second kappa shape index (κ2) is 6.83. The van der Waals surface area contributed by atoms with Crippen LogP contribution in [-0.2, 0) is 10.0 Å². The molecule has 0 aliphatic heterocycles. The maximum Gasteiger partial charge on any atom is 0.232 e. The van der Waals surface area contributed by atoms with Gasteiger partial charge in [-0.05, 0) is 50.1 Å². The quantitative estimate of drug-likeness (QED) is 0.848. The zero-order valence-corrected chi connectivity index (χ0v) is 13.9. The first-order valence-electron chi connectivity index (χ1n) is 7.34. The lowest BCUT2D eigenvalue weighted by Gasteiger charge is -2.17. The summed E-state index contributed by atoms with van der Waals surface area (Å²) in [4.78, 5) is 0. The highest BCUT2D eigenvalue weighted by molar-refractivity contribution is 7.92. The maximum absolute atomic E-state index is 11.6. The molecular formula is C17H22N2O2S. The lowest BCUT2D eigenvalue weighted by atomic mass is 10.1. The van der Waals surface area contributed by atoms with E-state index in [0.717, 1.165) is 11.3 Å². The van der Waals surface area contributed by atoms with Crippen molar-refractivity contribution in [3.05, 3.63) is 59.7 Å². The van der Waals surface area contributed by atoms with Crippen LogP contribution in [0.5, 0.6) is 0 Å². The molecular weight excluding hydrogens is 296 g/mol. The molecule has 0 spiro atoms. The summed E-state index contributed by atoms with van der Waals surface area (Å²) in [6.45, 7) is 5.61. The van der Waals surface area contributed by atoms with Gasteiger partial charge in [0.2, 0.25) is 10.0 Å². The topological polar surface area (TPSA) is 58.2 Å². The van der Waals surface area contributed by atoms with Gasteiger partial charge in [-0.25, -0.2) is 8.42 Å². The SMILES string of the molecule is CCS(=O)(=O)Nc1ccc(N[C@@H](C)c2ccccc2)cc1C. The molecule has 2 aromatic rings. The van der Waals surface area contributed by atoms with E-state index in [1.165, 1.54) is 5.56 Å². The molecule has 4 nitrogen and oxygen atoms in total. The smallest absolute Gasteiger partial charge is 0.232 e. The number of hydrogen-bond donors (Lipinski definition) is 2. The van der Waals surface area contributed by atoms with Crippen molar-refractivity contribution in [2.45, 2.75) is 26.8 Å². The highest BCUT2D eigenvalue weighted by Crippen LogP contribution is 2.24. The van der Waals surface area contributed by atoms with Crippen LogP contribution in [0.15, 0.2) is 48.5 Å². The molecule has 0 aliphatic rings. The minimum atomic E-state index is -3.24. The molecule has 0 heterocycles. The van der Waals surface area contributed by atoms with Crippen LogP contribution in [0.2, 0.25) is 0 Å². The predicted octanol–water partition coefficient (Wildman–Crippen LogP) is 3.93. The molecule has 0 bridgehead atoms. The van der Waals surface area contributed by atoms with Gasteiger partial charge in [-0.3, -0.25) is 4.72 Å². The fourth-order valence-corrected chi connectivity index (χ4v) is 2.89. The molecule has 0 unspecified atom stereocenters. The minimum absolute atomic E-state index is 0.0669. The number of sulfonamides is 1. The average molecular weight is 318 g/mol. The van der Waals surface area contributed by atoms with Gasteiger partial charge >= 0.3 is 0 Å². The number of nitrogens with one attached hydrogen (secondary N) is 2. The normalized spacial score (nSPS) is 12.7. The zero-order chi connectivity index (χ0) is 16.2. The highest BCUT2D eigenvalue weighted by atomic mass is 32.2. The maximum atomic E-state index is 11.6. The van der Waals surface area contributed by atoms with E-state index in [2.05, 4.69) is 29.1 Å². The van der Waals surface area contributed by atoms with Crippen molar-refractivity contribution in [2.75, 3.05) is 15.8 Å². The predicted molar refractivity (Wildman–Crippen MR) is 92.7 cm³/mol.